The number of hydrogen-bond acceptors (Lipinski definition) is 4. The number of ether oxygens (including phenoxy) is 1. The minimum Gasteiger partial charge on any atom is -0.383 e. The Hall–Kier alpha value is -0.0700. The predicted molar refractivity (Wildman–Crippen MR) is 106 cm³/mol. The lowest BCUT2D eigenvalue weighted by molar-refractivity contribution is -0.148. The van der Waals surface area contributed by atoms with Crippen molar-refractivity contribution in [1.29, 1.82) is 0 Å². The third kappa shape index (κ3) is 4.62. The number of carbonyl (C=O) groups excluding carboxylic acids is 1. The van der Waals surface area contributed by atoms with Gasteiger partial charge in [-0.2, -0.15) is 0 Å². The zero-order chi connectivity index (χ0) is 16.3. The van der Waals surface area contributed by atoms with Crippen LogP contribution in [0.2, 0.25) is 0 Å². The molecular formula is C18H35Cl2N3O2. The first-order chi connectivity index (χ1) is 11.2. The van der Waals surface area contributed by atoms with Crippen molar-refractivity contribution in [2.24, 2.45) is 11.3 Å². The van der Waals surface area contributed by atoms with Gasteiger partial charge in [0, 0.05) is 45.9 Å². The van der Waals surface area contributed by atoms with Gasteiger partial charge < -0.3 is 15.0 Å². The Labute approximate surface area is 165 Å². The summed E-state index contributed by atoms with van der Waals surface area (Å²) in [4.78, 5) is 18.1. The van der Waals surface area contributed by atoms with Crippen LogP contribution >= 0.6 is 24.8 Å². The Balaban J connectivity index is 0.00000156. The molecule has 1 aliphatic carbocycles. The van der Waals surface area contributed by atoms with Crippen LogP contribution < -0.4 is 5.32 Å². The topological polar surface area (TPSA) is 44.8 Å². The molecule has 25 heavy (non-hydrogen) atoms. The van der Waals surface area contributed by atoms with Crippen LogP contribution in [0, 0.1) is 11.3 Å². The molecule has 2 aliphatic heterocycles. The van der Waals surface area contributed by atoms with Crippen LogP contribution in [0.25, 0.3) is 0 Å². The number of rotatable bonds is 5. The van der Waals surface area contributed by atoms with E-state index in [1.165, 1.54) is 19.3 Å². The quantitative estimate of drug-likeness (QED) is 0.774. The van der Waals surface area contributed by atoms with E-state index in [9.17, 15) is 4.79 Å². The van der Waals surface area contributed by atoms with Gasteiger partial charge in [-0.15, -0.1) is 24.8 Å². The molecule has 0 radical (unpaired) electrons. The molecule has 1 unspecified atom stereocenters. The van der Waals surface area contributed by atoms with Gasteiger partial charge in [0.05, 0.1) is 12.0 Å². The Morgan fingerprint density at radius 1 is 1.28 bits per heavy atom. The second-order valence-corrected chi connectivity index (χ2v) is 7.57. The Morgan fingerprint density at radius 3 is 2.80 bits per heavy atom. The first-order valence-corrected chi connectivity index (χ1v) is 9.44. The molecular weight excluding hydrogens is 361 g/mol. The van der Waals surface area contributed by atoms with Crippen molar-refractivity contribution in [3.63, 3.8) is 0 Å². The minimum atomic E-state index is -0.0920. The lowest BCUT2D eigenvalue weighted by Gasteiger charge is -2.46. The maximum atomic E-state index is 13.4. The summed E-state index contributed by atoms with van der Waals surface area (Å²) in [6.07, 6.45) is 5.93. The number of fused-ring (bicyclic) bond motifs is 1. The molecule has 3 fully saturated rings. The van der Waals surface area contributed by atoms with E-state index >= 15 is 0 Å². The molecule has 3 rings (SSSR count). The zero-order valence-electron chi connectivity index (χ0n) is 15.7. The summed E-state index contributed by atoms with van der Waals surface area (Å²) in [5.74, 6) is 1.01. The fraction of sp³-hybridized carbons (Fsp3) is 0.944. The summed E-state index contributed by atoms with van der Waals surface area (Å²) < 4.78 is 5.23. The average Bonchev–Trinajstić information content (AvgIpc) is 3.04. The highest BCUT2D eigenvalue weighted by Gasteiger charge is 2.51. The summed E-state index contributed by atoms with van der Waals surface area (Å²) in [5.41, 5.74) is -0.0920. The molecule has 0 aromatic carbocycles. The minimum absolute atomic E-state index is 0. The van der Waals surface area contributed by atoms with Gasteiger partial charge in [-0.25, -0.2) is 0 Å². The van der Waals surface area contributed by atoms with Crippen molar-refractivity contribution in [2.75, 3.05) is 53.0 Å². The molecule has 1 saturated carbocycles. The molecule has 2 heterocycles. The molecule has 2 saturated heterocycles. The van der Waals surface area contributed by atoms with Gasteiger partial charge in [0.25, 0.3) is 0 Å². The Kier molecular flexibility index (Phi) is 9.47. The summed E-state index contributed by atoms with van der Waals surface area (Å²) >= 11 is 0. The molecule has 5 nitrogen and oxygen atoms in total. The van der Waals surface area contributed by atoms with Gasteiger partial charge in [-0.3, -0.25) is 9.69 Å². The molecule has 1 N–H and O–H groups in total. The van der Waals surface area contributed by atoms with Crippen LogP contribution in [0.4, 0.5) is 0 Å². The maximum absolute atomic E-state index is 13.4. The Morgan fingerprint density at radius 2 is 2.08 bits per heavy atom. The zero-order valence-corrected chi connectivity index (χ0v) is 17.3. The van der Waals surface area contributed by atoms with E-state index in [1.807, 2.05) is 0 Å². The monoisotopic (exact) mass is 395 g/mol. The summed E-state index contributed by atoms with van der Waals surface area (Å²) in [7, 11) is 1.76. The van der Waals surface area contributed by atoms with Crippen molar-refractivity contribution in [1.82, 2.24) is 15.1 Å². The first kappa shape index (κ1) is 23.0. The normalized spacial score (nSPS) is 32.5. The first-order valence-electron chi connectivity index (χ1n) is 9.44. The van der Waals surface area contributed by atoms with Crippen LogP contribution in [0.5, 0.6) is 0 Å². The molecule has 0 aromatic rings. The summed E-state index contributed by atoms with van der Waals surface area (Å²) in [6, 6.07) is 0.482. The highest BCUT2D eigenvalue weighted by Crippen LogP contribution is 2.45. The number of halogens is 2. The number of methoxy groups -OCH3 is 1. The van der Waals surface area contributed by atoms with Crippen LogP contribution in [0.1, 0.15) is 39.0 Å². The van der Waals surface area contributed by atoms with Gasteiger partial charge in [0.2, 0.25) is 5.91 Å². The van der Waals surface area contributed by atoms with E-state index < -0.39 is 0 Å². The van der Waals surface area contributed by atoms with Gasteiger partial charge in [-0.1, -0.05) is 19.8 Å². The van der Waals surface area contributed by atoms with Crippen molar-refractivity contribution in [3.8, 4) is 0 Å². The highest BCUT2D eigenvalue weighted by molar-refractivity contribution is 5.85. The molecule has 148 valence electrons. The average molecular weight is 396 g/mol. The molecule has 0 spiro atoms. The van der Waals surface area contributed by atoms with Crippen LogP contribution in [0.15, 0.2) is 0 Å². The van der Waals surface area contributed by atoms with Crippen molar-refractivity contribution >= 4 is 30.7 Å². The highest BCUT2D eigenvalue weighted by atomic mass is 35.5. The van der Waals surface area contributed by atoms with Gasteiger partial charge in [0.15, 0.2) is 0 Å². The van der Waals surface area contributed by atoms with Gasteiger partial charge in [-0.05, 0) is 31.7 Å². The standard InChI is InChI=1S/C18H33N3O2.2ClH/c1-3-16-13-21(9-8-20(16)10-11-23-2)17(22)18-7-5-4-6-15(18)12-19-14-18;;/h15-16,19H,3-14H2,1-2H3;2*1H/t15-,16?,18+;;/m0../s1. The molecule has 7 heteroatoms. The van der Waals surface area contributed by atoms with E-state index in [2.05, 4.69) is 22.0 Å². The van der Waals surface area contributed by atoms with Gasteiger partial charge in [0.1, 0.15) is 0 Å². The third-order valence-corrected chi connectivity index (χ3v) is 6.41. The summed E-state index contributed by atoms with van der Waals surface area (Å²) in [5, 5.41) is 3.51. The third-order valence-electron chi connectivity index (χ3n) is 6.41. The SMILES string of the molecule is CCC1CN(C(=O)[C@@]23CCCC[C@H]2CNC3)CCN1CCOC.Cl.Cl. The predicted octanol–water partition coefficient (Wildman–Crippen LogP) is 2.18. The maximum Gasteiger partial charge on any atom is 0.230 e. The van der Waals surface area contributed by atoms with Crippen LogP contribution in [-0.2, 0) is 9.53 Å². The van der Waals surface area contributed by atoms with E-state index in [4.69, 9.17) is 4.74 Å². The second-order valence-electron chi connectivity index (χ2n) is 7.57. The molecule has 3 atom stereocenters. The molecule has 3 aliphatic rings. The van der Waals surface area contributed by atoms with E-state index in [0.717, 1.165) is 58.7 Å². The number of nitrogens with zero attached hydrogens (tertiary/aromatic N) is 2. The number of nitrogens with one attached hydrogen (secondary N) is 1. The Bertz CT molecular complexity index is 427. The number of piperazine rings is 1. The molecule has 0 aromatic heterocycles. The fourth-order valence-corrected chi connectivity index (χ4v) is 4.95. The van der Waals surface area contributed by atoms with Crippen molar-refractivity contribution in [2.45, 2.75) is 45.1 Å². The number of hydrogen-bond donors (Lipinski definition) is 1. The smallest absolute Gasteiger partial charge is 0.230 e. The lowest BCUT2D eigenvalue weighted by Crippen LogP contribution is -2.59. The summed E-state index contributed by atoms with van der Waals surface area (Å²) in [6.45, 7) is 8.70. The lowest BCUT2D eigenvalue weighted by atomic mass is 9.67. The molecule has 0 bridgehead atoms. The van der Waals surface area contributed by atoms with Crippen LogP contribution in [0.3, 0.4) is 0 Å². The van der Waals surface area contributed by atoms with Crippen molar-refractivity contribution < 1.29 is 9.53 Å². The fourth-order valence-electron chi connectivity index (χ4n) is 4.95. The van der Waals surface area contributed by atoms with Crippen LogP contribution in [-0.4, -0.2) is 74.7 Å². The van der Waals surface area contributed by atoms with E-state index in [0.29, 0.717) is 17.9 Å². The van der Waals surface area contributed by atoms with E-state index in [1.54, 1.807) is 7.11 Å². The largest absolute Gasteiger partial charge is 0.383 e. The number of amides is 1. The molecule has 1 amide bonds. The van der Waals surface area contributed by atoms with E-state index in [-0.39, 0.29) is 30.2 Å². The van der Waals surface area contributed by atoms with Crippen molar-refractivity contribution in [3.05, 3.63) is 0 Å². The van der Waals surface area contributed by atoms with Gasteiger partial charge >= 0.3 is 0 Å². The number of carbonyl (C=O) groups is 1. The second kappa shape index (κ2) is 10.3.